The van der Waals surface area contributed by atoms with Gasteiger partial charge in [0.1, 0.15) is 0 Å². The molecule has 88 valence electrons. The van der Waals surface area contributed by atoms with Crippen molar-refractivity contribution in [3.63, 3.8) is 0 Å². The highest BCUT2D eigenvalue weighted by Crippen LogP contribution is 1.92. The molecule has 0 aliphatic rings. The van der Waals surface area contributed by atoms with Crippen LogP contribution in [-0.4, -0.2) is 57.8 Å². The molecule has 0 aromatic heterocycles. The molecular weight excluding hydrogens is 208 g/mol. The molecule has 0 spiro atoms. The monoisotopic (exact) mass is 222 g/mol. The van der Waals surface area contributed by atoms with Gasteiger partial charge >= 0.3 is 11.9 Å². The van der Waals surface area contributed by atoms with E-state index >= 15 is 0 Å². The van der Waals surface area contributed by atoms with Crippen molar-refractivity contribution < 1.29 is 34.8 Å². The van der Waals surface area contributed by atoms with Crippen LogP contribution in [0.2, 0.25) is 0 Å². The molecule has 0 radical (unpaired) electrons. The molecule has 0 aromatic carbocycles. The van der Waals surface area contributed by atoms with Gasteiger partial charge in [-0.15, -0.1) is 13.2 Å². The molecule has 0 saturated heterocycles. The van der Waals surface area contributed by atoms with Gasteiger partial charge < -0.3 is 25.2 Å². The average Bonchev–Trinajstić information content (AvgIpc) is 2.29. The summed E-state index contributed by atoms with van der Waals surface area (Å²) in [6, 6.07) is 0. The van der Waals surface area contributed by atoms with Crippen molar-refractivity contribution in [1.82, 2.24) is 0 Å². The molecule has 0 aliphatic heterocycles. The summed E-state index contributed by atoms with van der Waals surface area (Å²) in [5, 5.41) is 33.7. The summed E-state index contributed by atoms with van der Waals surface area (Å²) in [6.45, 7) is 4.22. The van der Waals surface area contributed by atoms with Crippen LogP contribution in [0.3, 0.4) is 0 Å². The van der Waals surface area contributed by atoms with Crippen molar-refractivity contribution in [2.45, 2.75) is 12.2 Å². The predicted molar refractivity (Wildman–Crippen MR) is 48.5 cm³/mol. The Balaban J connectivity index is 0. The van der Waals surface area contributed by atoms with Crippen molar-refractivity contribution in [2.75, 3.05) is 13.2 Å². The molecule has 0 amide bonds. The molecule has 0 fully saturated rings. The average molecular weight is 222 g/mol. The molecule has 4 N–H and O–H groups in total. The highest BCUT2D eigenvalue weighted by atomic mass is 16.6. The van der Waals surface area contributed by atoms with Gasteiger partial charge in [-0.05, 0) is 0 Å². The maximum absolute atomic E-state index is 10.6. The second-order valence-corrected chi connectivity index (χ2v) is 2.14. The number of hydrogen-bond donors (Lipinski definition) is 4. The van der Waals surface area contributed by atoms with Crippen LogP contribution >= 0.6 is 0 Å². The van der Waals surface area contributed by atoms with Crippen molar-refractivity contribution in [2.24, 2.45) is 0 Å². The fraction of sp³-hybridized carbons (Fsp3) is 0.500. The smallest absolute Gasteiger partial charge is 0.345 e. The van der Waals surface area contributed by atoms with Gasteiger partial charge in [-0.3, -0.25) is 0 Å². The lowest BCUT2D eigenvalue weighted by atomic mass is 10.3. The lowest BCUT2D eigenvalue weighted by molar-refractivity contribution is -0.173. The summed E-state index contributed by atoms with van der Waals surface area (Å²) >= 11 is 0. The second kappa shape index (κ2) is 9.28. The minimum absolute atomic E-state index is 0.888. The largest absolute Gasteiger partial charge is 0.393 e. The fourth-order valence-corrected chi connectivity index (χ4v) is 0.384. The molecule has 0 saturated carbocycles. The van der Waals surface area contributed by atoms with E-state index in [1.807, 2.05) is 0 Å². The van der Waals surface area contributed by atoms with Crippen LogP contribution in [0.25, 0.3) is 0 Å². The molecule has 15 heavy (non-hydrogen) atoms. The maximum atomic E-state index is 10.6. The third kappa shape index (κ3) is 6.75. The van der Waals surface area contributed by atoms with E-state index in [0.29, 0.717) is 0 Å². The number of aliphatic hydroxyl groups is 4. The maximum Gasteiger partial charge on any atom is 0.345 e. The van der Waals surface area contributed by atoms with Gasteiger partial charge in [-0.1, -0.05) is 0 Å². The zero-order valence-electron chi connectivity index (χ0n) is 8.00. The highest BCUT2D eigenvalue weighted by molar-refractivity contribution is 5.89. The molecule has 0 aromatic rings. The Morgan fingerprint density at radius 1 is 1.00 bits per heavy atom. The number of aliphatic hydroxyl groups excluding tert-OH is 4. The minimum atomic E-state index is -1.82. The first kappa shape index (κ1) is 16.2. The number of rotatable bonds is 4. The van der Waals surface area contributed by atoms with Crippen LogP contribution in [0.15, 0.2) is 13.2 Å². The SMILES string of the molecule is C=C.O=C(OC(=O)C(O)CO)C(O)CO. The van der Waals surface area contributed by atoms with Gasteiger partial charge in [0.2, 0.25) is 0 Å². The first-order chi connectivity index (χ1) is 7.02. The zero-order valence-corrected chi connectivity index (χ0v) is 8.00. The van der Waals surface area contributed by atoms with Gasteiger partial charge in [-0.2, -0.15) is 0 Å². The first-order valence-electron chi connectivity index (χ1n) is 3.86. The third-order valence-electron chi connectivity index (χ3n) is 1.09. The van der Waals surface area contributed by atoms with Crippen molar-refractivity contribution in [3.8, 4) is 0 Å². The van der Waals surface area contributed by atoms with Gasteiger partial charge in [0.05, 0.1) is 13.2 Å². The van der Waals surface area contributed by atoms with E-state index in [1.165, 1.54) is 0 Å². The Morgan fingerprint density at radius 3 is 1.47 bits per heavy atom. The number of ether oxygens (including phenoxy) is 1. The molecule has 0 heterocycles. The lowest BCUT2D eigenvalue weighted by Crippen LogP contribution is -2.34. The van der Waals surface area contributed by atoms with E-state index in [-0.39, 0.29) is 0 Å². The van der Waals surface area contributed by atoms with Crippen LogP contribution in [0, 0.1) is 0 Å². The molecule has 2 unspecified atom stereocenters. The fourth-order valence-electron chi connectivity index (χ4n) is 0.384. The number of hydrogen-bond acceptors (Lipinski definition) is 7. The Kier molecular flexibility index (Phi) is 10.0. The summed E-state index contributed by atoms with van der Waals surface area (Å²) in [6.07, 6.45) is -3.65. The molecular formula is C8H14O7. The van der Waals surface area contributed by atoms with Crippen molar-refractivity contribution in [1.29, 1.82) is 0 Å². The summed E-state index contributed by atoms with van der Waals surface area (Å²) in [4.78, 5) is 21.1. The highest BCUT2D eigenvalue weighted by Gasteiger charge is 2.23. The summed E-state index contributed by atoms with van der Waals surface area (Å²) < 4.78 is 3.86. The van der Waals surface area contributed by atoms with Crippen LogP contribution in [-0.2, 0) is 14.3 Å². The van der Waals surface area contributed by atoms with Gasteiger partial charge in [0, 0.05) is 0 Å². The summed E-state index contributed by atoms with van der Waals surface area (Å²) in [5.74, 6) is -2.75. The van der Waals surface area contributed by atoms with Crippen LogP contribution in [0.1, 0.15) is 0 Å². The van der Waals surface area contributed by atoms with E-state index < -0.39 is 37.4 Å². The van der Waals surface area contributed by atoms with E-state index in [9.17, 15) is 9.59 Å². The topological polar surface area (TPSA) is 124 Å². The van der Waals surface area contributed by atoms with Crippen LogP contribution < -0.4 is 0 Å². The molecule has 0 aliphatic carbocycles. The second-order valence-electron chi connectivity index (χ2n) is 2.14. The lowest BCUT2D eigenvalue weighted by Gasteiger charge is -2.08. The summed E-state index contributed by atoms with van der Waals surface area (Å²) in [5.41, 5.74) is 0. The standard InChI is InChI=1S/C6H10O7.C2H4/c7-1-3(9)5(11)13-6(12)4(10)2-8;1-2/h3-4,7-10H,1-2H2;1-2H2. The minimum Gasteiger partial charge on any atom is -0.393 e. The van der Waals surface area contributed by atoms with Crippen molar-refractivity contribution >= 4 is 11.9 Å². The van der Waals surface area contributed by atoms with Gasteiger partial charge in [-0.25, -0.2) is 9.59 Å². The van der Waals surface area contributed by atoms with Crippen LogP contribution in [0.5, 0.6) is 0 Å². The van der Waals surface area contributed by atoms with E-state index in [4.69, 9.17) is 20.4 Å². The normalized spacial score (nSPS) is 13.1. The van der Waals surface area contributed by atoms with E-state index in [0.717, 1.165) is 0 Å². The molecule has 2 atom stereocenters. The molecule has 0 rings (SSSR count). The van der Waals surface area contributed by atoms with Gasteiger partial charge in [0.25, 0.3) is 0 Å². The van der Waals surface area contributed by atoms with Crippen LogP contribution in [0.4, 0.5) is 0 Å². The number of carbonyl (C=O) groups excluding carboxylic acids is 2. The number of esters is 2. The quantitative estimate of drug-likeness (QED) is 0.237. The van der Waals surface area contributed by atoms with E-state index in [1.54, 1.807) is 0 Å². The Morgan fingerprint density at radius 2 is 1.27 bits per heavy atom. The predicted octanol–water partition coefficient (Wildman–Crippen LogP) is -2.44. The Labute approximate surface area is 86.2 Å². The molecule has 7 nitrogen and oxygen atoms in total. The molecule has 0 bridgehead atoms. The van der Waals surface area contributed by atoms with Gasteiger partial charge in [0.15, 0.2) is 12.2 Å². The third-order valence-corrected chi connectivity index (χ3v) is 1.09. The summed E-state index contributed by atoms with van der Waals surface area (Å²) in [7, 11) is 0. The Hall–Kier alpha value is -1.28. The first-order valence-corrected chi connectivity index (χ1v) is 3.86. The zero-order chi connectivity index (χ0) is 12.4. The molecule has 7 heteroatoms. The van der Waals surface area contributed by atoms with E-state index in [2.05, 4.69) is 17.9 Å². The number of carbonyl (C=O) groups is 2. The van der Waals surface area contributed by atoms with Crippen molar-refractivity contribution in [3.05, 3.63) is 13.2 Å². The Bertz CT molecular complexity index is 183.